The van der Waals surface area contributed by atoms with E-state index in [9.17, 15) is 4.79 Å². The minimum Gasteiger partial charge on any atom is -0.423 e. The van der Waals surface area contributed by atoms with E-state index in [1.165, 1.54) is 0 Å². The van der Waals surface area contributed by atoms with E-state index < -0.39 is 8.60 Å². The van der Waals surface area contributed by atoms with E-state index in [4.69, 9.17) is 18.3 Å². The van der Waals surface area contributed by atoms with E-state index in [0.717, 1.165) is 5.56 Å². The number of hydrogen-bond donors (Lipinski definition) is 0. The molecule has 0 atom stereocenters. The second-order valence-corrected chi connectivity index (χ2v) is 5.96. The molecule has 0 heterocycles. The van der Waals surface area contributed by atoms with Gasteiger partial charge in [0.05, 0.1) is 25.4 Å². The normalized spacial score (nSPS) is 10.8. The van der Waals surface area contributed by atoms with E-state index in [0.29, 0.717) is 31.1 Å². The molecule has 0 aliphatic heterocycles. The molecule has 0 fully saturated rings. The fraction of sp³-hybridized carbons (Fsp3) is 0.278. The van der Waals surface area contributed by atoms with Gasteiger partial charge in [0.15, 0.2) is 0 Å². The summed E-state index contributed by atoms with van der Waals surface area (Å²) in [7, 11) is -1.35. The first kappa shape index (κ1) is 18.6. The van der Waals surface area contributed by atoms with Crippen LogP contribution >= 0.6 is 8.60 Å². The van der Waals surface area contributed by atoms with Gasteiger partial charge in [0, 0.05) is 0 Å². The van der Waals surface area contributed by atoms with Crippen molar-refractivity contribution in [2.24, 2.45) is 0 Å². The predicted molar refractivity (Wildman–Crippen MR) is 92.8 cm³/mol. The van der Waals surface area contributed by atoms with Crippen LogP contribution < -0.4 is 4.74 Å². The molecule has 0 N–H and O–H groups in total. The van der Waals surface area contributed by atoms with E-state index >= 15 is 0 Å². The fourth-order valence-corrected chi connectivity index (χ4v) is 2.79. The third-order valence-corrected chi connectivity index (χ3v) is 4.20. The molecule has 0 saturated heterocycles. The van der Waals surface area contributed by atoms with Crippen LogP contribution in [0.15, 0.2) is 54.6 Å². The zero-order valence-electron chi connectivity index (χ0n) is 13.8. The topological polar surface area (TPSA) is 54.0 Å². The van der Waals surface area contributed by atoms with E-state index in [1.807, 2.05) is 32.0 Å². The summed E-state index contributed by atoms with van der Waals surface area (Å²) in [5.74, 6) is 0.0849. The van der Waals surface area contributed by atoms with Crippen molar-refractivity contribution in [3.8, 4) is 5.75 Å². The van der Waals surface area contributed by atoms with Gasteiger partial charge in [0.1, 0.15) is 5.75 Å². The Morgan fingerprint density at radius 3 is 2.29 bits per heavy atom. The Morgan fingerprint density at radius 2 is 1.62 bits per heavy atom. The van der Waals surface area contributed by atoms with Crippen LogP contribution in [0.25, 0.3) is 0 Å². The summed E-state index contributed by atoms with van der Waals surface area (Å²) in [6, 6.07) is 16.1. The van der Waals surface area contributed by atoms with E-state index in [1.54, 1.807) is 36.4 Å². The Hall–Kier alpha value is -1.78. The summed E-state index contributed by atoms with van der Waals surface area (Å²) in [5.41, 5.74) is 1.38. The molecule has 0 saturated carbocycles. The number of esters is 1. The lowest BCUT2D eigenvalue weighted by Gasteiger charge is -2.15. The molecule has 0 bridgehead atoms. The first-order valence-electron chi connectivity index (χ1n) is 7.78. The number of hydrogen-bond acceptors (Lipinski definition) is 5. The van der Waals surface area contributed by atoms with E-state index in [2.05, 4.69) is 0 Å². The molecule has 6 heteroatoms. The SMILES string of the molecule is CCOP(OCC)OCc1cccc(OC(=O)c2ccccc2)c1. The lowest BCUT2D eigenvalue weighted by atomic mass is 10.2. The quantitative estimate of drug-likeness (QED) is 0.373. The van der Waals surface area contributed by atoms with Crippen molar-refractivity contribution in [3.63, 3.8) is 0 Å². The van der Waals surface area contributed by atoms with Crippen molar-refractivity contribution in [2.75, 3.05) is 13.2 Å². The second kappa shape index (κ2) is 10.2. The maximum atomic E-state index is 12.1. The van der Waals surface area contributed by atoms with Crippen LogP contribution in [-0.4, -0.2) is 19.2 Å². The van der Waals surface area contributed by atoms with Gasteiger partial charge in [-0.05, 0) is 43.7 Å². The number of benzene rings is 2. The highest BCUT2D eigenvalue weighted by atomic mass is 31.2. The average molecular weight is 348 g/mol. The molecule has 0 aromatic heterocycles. The minimum atomic E-state index is -1.35. The Balaban J connectivity index is 1.94. The molecule has 0 aliphatic rings. The van der Waals surface area contributed by atoms with Crippen LogP contribution in [0, 0.1) is 0 Å². The highest BCUT2D eigenvalue weighted by Gasteiger charge is 2.12. The van der Waals surface area contributed by atoms with Gasteiger partial charge in [-0.2, -0.15) is 0 Å². The molecule has 5 nitrogen and oxygen atoms in total. The number of carbonyl (C=O) groups is 1. The van der Waals surface area contributed by atoms with Crippen molar-refractivity contribution in [1.82, 2.24) is 0 Å². The smallest absolute Gasteiger partial charge is 0.343 e. The Kier molecular flexibility index (Phi) is 7.86. The van der Waals surface area contributed by atoms with Gasteiger partial charge in [0.2, 0.25) is 0 Å². The van der Waals surface area contributed by atoms with Gasteiger partial charge < -0.3 is 18.3 Å². The zero-order valence-corrected chi connectivity index (χ0v) is 14.7. The van der Waals surface area contributed by atoms with Crippen LogP contribution in [0.3, 0.4) is 0 Å². The van der Waals surface area contributed by atoms with Crippen molar-refractivity contribution >= 4 is 14.6 Å². The molecule has 0 aliphatic carbocycles. The highest BCUT2D eigenvalue weighted by Crippen LogP contribution is 2.40. The third kappa shape index (κ3) is 6.02. The lowest BCUT2D eigenvalue weighted by molar-refractivity contribution is 0.0734. The lowest BCUT2D eigenvalue weighted by Crippen LogP contribution is -2.08. The van der Waals surface area contributed by atoms with Crippen LogP contribution in [0.5, 0.6) is 5.75 Å². The van der Waals surface area contributed by atoms with Crippen molar-refractivity contribution < 1.29 is 23.1 Å². The first-order valence-corrected chi connectivity index (χ1v) is 8.87. The summed E-state index contributed by atoms with van der Waals surface area (Å²) in [6.07, 6.45) is 0. The maximum Gasteiger partial charge on any atom is 0.343 e. The highest BCUT2D eigenvalue weighted by molar-refractivity contribution is 7.41. The van der Waals surface area contributed by atoms with Gasteiger partial charge in [-0.25, -0.2) is 4.79 Å². The van der Waals surface area contributed by atoms with Gasteiger partial charge in [-0.15, -0.1) is 0 Å². The molecule has 2 aromatic carbocycles. The van der Waals surface area contributed by atoms with Gasteiger partial charge in [0.25, 0.3) is 0 Å². The monoisotopic (exact) mass is 348 g/mol. The summed E-state index contributed by atoms with van der Waals surface area (Å²) < 4.78 is 21.8. The molecule has 2 rings (SSSR count). The van der Waals surface area contributed by atoms with Crippen molar-refractivity contribution in [2.45, 2.75) is 20.5 Å². The van der Waals surface area contributed by atoms with Crippen molar-refractivity contribution in [1.29, 1.82) is 0 Å². The maximum absolute atomic E-state index is 12.1. The Morgan fingerprint density at radius 1 is 0.917 bits per heavy atom. The molecular formula is C18H21O5P. The zero-order chi connectivity index (χ0) is 17.2. The van der Waals surface area contributed by atoms with Gasteiger partial charge in [-0.1, -0.05) is 30.3 Å². The molecule has 0 unspecified atom stereocenters. The molecule has 0 radical (unpaired) electrons. The molecular weight excluding hydrogens is 327 g/mol. The number of carbonyl (C=O) groups excluding carboxylic acids is 1. The van der Waals surface area contributed by atoms with Crippen LogP contribution in [-0.2, 0) is 20.2 Å². The predicted octanol–water partition coefficient (Wildman–Crippen LogP) is 4.72. The second-order valence-electron chi connectivity index (χ2n) is 4.74. The minimum absolute atomic E-state index is 0.322. The van der Waals surface area contributed by atoms with Crippen molar-refractivity contribution in [3.05, 3.63) is 65.7 Å². The Labute approximate surface area is 143 Å². The molecule has 0 amide bonds. The van der Waals surface area contributed by atoms with Crippen LogP contribution in [0.4, 0.5) is 0 Å². The third-order valence-electron chi connectivity index (χ3n) is 2.92. The largest absolute Gasteiger partial charge is 0.423 e. The molecule has 2 aromatic rings. The first-order chi connectivity index (χ1) is 11.7. The fourth-order valence-electron chi connectivity index (χ4n) is 1.89. The summed E-state index contributed by atoms with van der Waals surface area (Å²) in [4.78, 5) is 12.1. The van der Waals surface area contributed by atoms with Crippen LogP contribution in [0.2, 0.25) is 0 Å². The standard InChI is InChI=1S/C18H21O5P/c1-3-20-24(21-4-2)22-14-15-9-8-12-17(13-15)23-18(19)16-10-6-5-7-11-16/h5-13H,3-4,14H2,1-2H3. The van der Waals surface area contributed by atoms with E-state index in [-0.39, 0.29) is 5.97 Å². The summed E-state index contributed by atoms with van der Waals surface area (Å²) in [5, 5.41) is 0. The summed E-state index contributed by atoms with van der Waals surface area (Å²) >= 11 is 0. The molecule has 128 valence electrons. The average Bonchev–Trinajstić information content (AvgIpc) is 2.61. The summed E-state index contributed by atoms with van der Waals surface area (Å²) in [6.45, 7) is 5.16. The van der Waals surface area contributed by atoms with Crippen LogP contribution in [0.1, 0.15) is 29.8 Å². The number of rotatable bonds is 9. The number of ether oxygens (including phenoxy) is 1. The Bertz CT molecular complexity index is 626. The molecule has 0 spiro atoms. The van der Waals surface area contributed by atoms with Gasteiger partial charge >= 0.3 is 14.6 Å². The van der Waals surface area contributed by atoms with Gasteiger partial charge in [-0.3, -0.25) is 0 Å². The molecule has 24 heavy (non-hydrogen) atoms.